The van der Waals surface area contributed by atoms with Gasteiger partial charge in [-0.15, -0.1) is 0 Å². The predicted octanol–water partition coefficient (Wildman–Crippen LogP) is 0.237. The van der Waals surface area contributed by atoms with Crippen LogP contribution in [0.3, 0.4) is 0 Å². The van der Waals surface area contributed by atoms with Gasteiger partial charge in [0.2, 0.25) is 5.91 Å². The van der Waals surface area contributed by atoms with Crippen LogP contribution in [0.4, 0.5) is 0 Å². The molecule has 0 saturated carbocycles. The van der Waals surface area contributed by atoms with Gasteiger partial charge in [0.05, 0.1) is 13.2 Å². The average Bonchev–Trinajstić information content (AvgIpc) is 2.25. The Morgan fingerprint density at radius 2 is 1.56 bits per heavy atom. The lowest BCUT2D eigenvalue weighted by Crippen LogP contribution is -2.34. The van der Waals surface area contributed by atoms with Gasteiger partial charge in [-0.3, -0.25) is 9.69 Å². The molecule has 0 aliphatic rings. The molecule has 0 fully saturated rings. The number of hydrogen-bond donors (Lipinski definition) is 1. The third-order valence-electron chi connectivity index (χ3n) is 2.19. The normalized spacial score (nSPS) is 10.9. The quantitative estimate of drug-likeness (QED) is 0.518. The van der Waals surface area contributed by atoms with Crippen molar-refractivity contribution in [3.05, 3.63) is 0 Å². The molecular weight excluding hydrogens is 208 g/mol. The van der Waals surface area contributed by atoms with E-state index in [1.165, 1.54) is 0 Å². The Morgan fingerprint density at radius 1 is 1.06 bits per heavy atom. The number of ether oxygens (including phenoxy) is 2. The number of amides is 1. The van der Waals surface area contributed by atoms with Crippen molar-refractivity contribution in [2.45, 2.75) is 20.3 Å². The zero-order chi connectivity index (χ0) is 12.2. The number of carbonyl (C=O) groups is 1. The highest BCUT2D eigenvalue weighted by Crippen LogP contribution is 1.93. The van der Waals surface area contributed by atoms with Crippen LogP contribution in [-0.4, -0.2) is 56.9 Å². The second-order valence-electron chi connectivity index (χ2n) is 3.45. The molecule has 0 radical (unpaired) electrons. The van der Waals surface area contributed by atoms with Gasteiger partial charge in [-0.1, -0.05) is 0 Å². The maximum absolute atomic E-state index is 10.7. The third kappa shape index (κ3) is 9.89. The van der Waals surface area contributed by atoms with E-state index in [1.54, 1.807) is 0 Å². The summed E-state index contributed by atoms with van der Waals surface area (Å²) in [7, 11) is 0. The zero-order valence-electron chi connectivity index (χ0n) is 10.4. The molecule has 16 heavy (non-hydrogen) atoms. The molecule has 0 atom stereocenters. The van der Waals surface area contributed by atoms with Crippen LogP contribution < -0.4 is 5.73 Å². The topological polar surface area (TPSA) is 64.8 Å². The summed E-state index contributed by atoms with van der Waals surface area (Å²) in [6.45, 7) is 9.03. The number of nitrogens with zero attached hydrogens (tertiary/aromatic N) is 1. The predicted molar refractivity (Wildman–Crippen MR) is 63.2 cm³/mol. The Bertz CT molecular complexity index is 167. The van der Waals surface area contributed by atoms with Crippen molar-refractivity contribution in [1.82, 2.24) is 4.90 Å². The fourth-order valence-corrected chi connectivity index (χ4v) is 1.28. The standard InChI is InChI=1S/C11H24N2O3/c1-3-15-9-7-13(6-5-11(12)14)8-10-16-4-2/h3-10H2,1-2H3,(H2,12,14). The summed E-state index contributed by atoms with van der Waals surface area (Å²) in [6, 6.07) is 0. The van der Waals surface area contributed by atoms with Gasteiger partial charge in [0, 0.05) is 39.3 Å². The molecule has 5 nitrogen and oxygen atoms in total. The second-order valence-corrected chi connectivity index (χ2v) is 3.45. The molecule has 0 unspecified atom stereocenters. The first-order chi connectivity index (χ1) is 7.70. The van der Waals surface area contributed by atoms with Crippen LogP contribution in [0.1, 0.15) is 20.3 Å². The van der Waals surface area contributed by atoms with Crippen molar-refractivity contribution in [2.75, 3.05) is 46.1 Å². The van der Waals surface area contributed by atoms with E-state index in [1.807, 2.05) is 13.8 Å². The highest BCUT2D eigenvalue weighted by molar-refractivity contribution is 5.73. The third-order valence-corrected chi connectivity index (χ3v) is 2.19. The smallest absolute Gasteiger partial charge is 0.218 e. The number of nitrogens with two attached hydrogens (primary N) is 1. The number of rotatable bonds is 11. The molecular formula is C11H24N2O3. The SMILES string of the molecule is CCOCCN(CCOCC)CCC(N)=O. The fourth-order valence-electron chi connectivity index (χ4n) is 1.28. The Hall–Kier alpha value is -0.650. The minimum absolute atomic E-state index is 0.266. The van der Waals surface area contributed by atoms with Crippen molar-refractivity contribution in [2.24, 2.45) is 5.73 Å². The van der Waals surface area contributed by atoms with Gasteiger partial charge in [-0.25, -0.2) is 0 Å². The number of carbonyl (C=O) groups excluding carboxylic acids is 1. The zero-order valence-corrected chi connectivity index (χ0v) is 10.4. The first-order valence-corrected chi connectivity index (χ1v) is 5.86. The Morgan fingerprint density at radius 3 is 1.94 bits per heavy atom. The van der Waals surface area contributed by atoms with Crippen LogP contribution in [0.15, 0.2) is 0 Å². The van der Waals surface area contributed by atoms with E-state index < -0.39 is 0 Å². The largest absolute Gasteiger partial charge is 0.380 e. The molecule has 0 aromatic carbocycles. The van der Waals surface area contributed by atoms with E-state index in [4.69, 9.17) is 15.2 Å². The molecule has 96 valence electrons. The molecule has 0 rings (SSSR count). The van der Waals surface area contributed by atoms with Crippen LogP contribution in [0, 0.1) is 0 Å². The monoisotopic (exact) mass is 232 g/mol. The van der Waals surface area contributed by atoms with Gasteiger partial charge in [-0.05, 0) is 13.8 Å². The molecule has 2 N–H and O–H groups in total. The van der Waals surface area contributed by atoms with Crippen molar-refractivity contribution in [3.63, 3.8) is 0 Å². The van der Waals surface area contributed by atoms with Gasteiger partial charge >= 0.3 is 0 Å². The van der Waals surface area contributed by atoms with Crippen molar-refractivity contribution in [1.29, 1.82) is 0 Å². The van der Waals surface area contributed by atoms with E-state index in [9.17, 15) is 4.79 Å². The molecule has 0 aliphatic carbocycles. The molecule has 0 heterocycles. The molecule has 0 aliphatic heterocycles. The lowest BCUT2D eigenvalue weighted by molar-refractivity contribution is -0.118. The molecule has 5 heteroatoms. The second kappa shape index (κ2) is 10.9. The summed E-state index contributed by atoms with van der Waals surface area (Å²) in [4.78, 5) is 12.8. The maximum atomic E-state index is 10.7. The van der Waals surface area contributed by atoms with Crippen molar-refractivity contribution < 1.29 is 14.3 Å². The van der Waals surface area contributed by atoms with Crippen LogP contribution >= 0.6 is 0 Å². The molecule has 1 amide bonds. The highest BCUT2D eigenvalue weighted by Gasteiger charge is 2.06. The molecule has 0 aromatic rings. The lowest BCUT2D eigenvalue weighted by atomic mass is 10.3. The first kappa shape index (κ1) is 15.3. The maximum Gasteiger partial charge on any atom is 0.218 e. The number of primary amides is 1. The lowest BCUT2D eigenvalue weighted by Gasteiger charge is -2.21. The summed E-state index contributed by atoms with van der Waals surface area (Å²) < 4.78 is 10.6. The fraction of sp³-hybridized carbons (Fsp3) is 0.909. The van der Waals surface area contributed by atoms with E-state index in [0.29, 0.717) is 26.2 Å². The Balaban J connectivity index is 3.71. The summed E-state index contributed by atoms with van der Waals surface area (Å²) in [6.07, 6.45) is 0.387. The van der Waals surface area contributed by atoms with Crippen LogP contribution in [0.2, 0.25) is 0 Å². The first-order valence-electron chi connectivity index (χ1n) is 5.86. The molecule has 0 aromatic heterocycles. The van der Waals surface area contributed by atoms with E-state index in [2.05, 4.69) is 4.90 Å². The van der Waals surface area contributed by atoms with Gasteiger partial charge in [0.25, 0.3) is 0 Å². The van der Waals surface area contributed by atoms with Gasteiger partial charge in [-0.2, -0.15) is 0 Å². The number of hydrogen-bond acceptors (Lipinski definition) is 4. The Labute approximate surface area is 97.9 Å². The molecule has 0 saturated heterocycles. The van der Waals surface area contributed by atoms with Gasteiger partial charge in [0.1, 0.15) is 0 Å². The summed E-state index contributed by atoms with van der Waals surface area (Å²) in [5, 5.41) is 0. The molecule has 0 spiro atoms. The minimum atomic E-state index is -0.266. The van der Waals surface area contributed by atoms with Crippen molar-refractivity contribution >= 4 is 5.91 Å². The van der Waals surface area contributed by atoms with Crippen molar-refractivity contribution in [3.8, 4) is 0 Å². The Kier molecular flexibility index (Phi) is 10.4. The van der Waals surface area contributed by atoms with E-state index in [0.717, 1.165) is 26.3 Å². The average molecular weight is 232 g/mol. The molecule has 0 bridgehead atoms. The van der Waals surface area contributed by atoms with E-state index in [-0.39, 0.29) is 5.91 Å². The summed E-state index contributed by atoms with van der Waals surface area (Å²) >= 11 is 0. The van der Waals surface area contributed by atoms with Crippen LogP contribution in [0.5, 0.6) is 0 Å². The highest BCUT2D eigenvalue weighted by atomic mass is 16.5. The minimum Gasteiger partial charge on any atom is -0.380 e. The van der Waals surface area contributed by atoms with Crippen LogP contribution in [0.25, 0.3) is 0 Å². The van der Waals surface area contributed by atoms with E-state index >= 15 is 0 Å². The van der Waals surface area contributed by atoms with Crippen LogP contribution in [-0.2, 0) is 14.3 Å². The summed E-state index contributed by atoms with van der Waals surface area (Å²) in [5.41, 5.74) is 5.12. The van der Waals surface area contributed by atoms with Gasteiger partial charge < -0.3 is 15.2 Å². The summed E-state index contributed by atoms with van der Waals surface area (Å²) in [5.74, 6) is -0.266. The van der Waals surface area contributed by atoms with Gasteiger partial charge in [0.15, 0.2) is 0 Å².